The highest BCUT2D eigenvalue weighted by Crippen LogP contribution is 2.35. The van der Waals surface area contributed by atoms with E-state index < -0.39 is 0 Å². The van der Waals surface area contributed by atoms with E-state index in [1.54, 1.807) is 0 Å². The Bertz CT molecular complexity index is 578. The first-order valence-electron chi connectivity index (χ1n) is 6.28. The largest absolute Gasteiger partial charge is 0.306 e. The third-order valence-corrected chi connectivity index (χ3v) is 4.63. The highest BCUT2D eigenvalue weighted by Gasteiger charge is 2.19. The number of halogens is 2. The van der Waals surface area contributed by atoms with Gasteiger partial charge in [0.1, 0.15) is 0 Å². The molecule has 0 aliphatic heterocycles. The van der Waals surface area contributed by atoms with E-state index in [9.17, 15) is 0 Å². The first-order valence-corrected chi connectivity index (χ1v) is 7.85. The molecule has 0 fully saturated rings. The Hall–Kier alpha value is -0.540. The molecular weight excluding hydrogens is 297 g/mol. The van der Waals surface area contributed by atoms with Crippen LogP contribution in [0.1, 0.15) is 33.8 Å². The maximum absolute atomic E-state index is 6.34. The summed E-state index contributed by atoms with van der Waals surface area (Å²) in [6.07, 6.45) is 0. The van der Waals surface area contributed by atoms with Gasteiger partial charge in [-0.3, -0.25) is 0 Å². The molecule has 1 nitrogen and oxygen atoms in total. The lowest BCUT2D eigenvalue weighted by atomic mass is 9.99. The SMILES string of the molecule is CCNC(c1cc(Cl)ccc1Cl)c1cc(C)sc1C. The second kappa shape index (κ2) is 6.27. The third kappa shape index (κ3) is 3.32. The smallest absolute Gasteiger partial charge is 0.0602 e. The van der Waals surface area contributed by atoms with Crippen LogP contribution < -0.4 is 5.32 Å². The minimum atomic E-state index is 0.0983. The molecule has 1 aromatic heterocycles. The van der Waals surface area contributed by atoms with E-state index in [1.807, 2.05) is 29.5 Å². The Morgan fingerprint density at radius 1 is 1.16 bits per heavy atom. The monoisotopic (exact) mass is 313 g/mol. The zero-order valence-electron chi connectivity index (χ0n) is 11.3. The van der Waals surface area contributed by atoms with Crippen LogP contribution in [-0.2, 0) is 0 Å². The summed E-state index contributed by atoms with van der Waals surface area (Å²) < 4.78 is 0. The summed E-state index contributed by atoms with van der Waals surface area (Å²) in [6, 6.07) is 7.95. The molecule has 0 aliphatic carbocycles. The number of benzene rings is 1. The lowest BCUT2D eigenvalue weighted by molar-refractivity contribution is 0.630. The predicted molar refractivity (Wildman–Crippen MR) is 85.8 cm³/mol. The van der Waals surface area contributed by atoms with Crippen molar-refractivity contribution in [3.8, 4) is 0 Å². The third-order valence-electron chi connectivity index (χ3n) is 3.07. The van der Waals surface area contributed by atoms with Crippen LogP contribution in [0.4, 0.5) is 0 Å². The van der Waals surface area contributed by atoms with Gasteiger partial charge in [-0.25, -0.2) is 0 Å². The van der Waals surface area contributed by atoms with Crippen molar-refractivity contribution >= 4 is 34.5 Å². The zero-order chi connectivity index (χ0) is 14.0. The van der Waals surface area contributed by atoms with E-state index in [-0.39, 0.29) is 6.04 Å². The van der Waals surface area contributed by atoms with Crippen molar-refractivity contribution in [2.24, 2.45) is 0 Å². The highest BCUT2D eigenvalue weighted by molar-refractivity contribution is 7.12. The summed E-state index contributed by atoms with van der Waals surface area (Å²) in [6.45, 7) is 7.25. The molecule has 1 N–H and O–H groups in total. The van der Waals surface area contributed by atoms with Gasteiger partial charge in [-0.1, -0.05) is 30.1 Å². The molecule has 19 heavy (non-hydrogen) atoms. The van der Waals surface area contributed by atoms with Crippen LogP contribution in [0, 0.1) is 13.8 Å². The van der Waals surface area contributed by atoms with Crippen LogP contribution in [0.25, 0.3) is 0 Å². The average molecular weight is 314 g/mol. The summed E-state index contributed by atoms with van der Waals surface area (Å²) in [5.74, 6) is 0. The van der Waals surface area contributed by atoms with Crippen molar-refractivity contribution in [3.63, 3.8) is 0 Å². The van der Waals surface area contributed by atoms with E-state index in [0.717, 1.165) is 17.1 Å². The van der Waals surface area contributed by atoms with Gasteiger partial charge in [0.15, 0.2) is 0 Å². The van der Waals surface area contributed by atoms with Crippen LogP contribution in [0.15, 0.2) is 24.3 Å². The Labute approximate surface area is 128 Å². The van der Waals surface area contributed by atoms with Gasteiger partial charge in [0, 0.05) is 19.8 Å². The molecule has 1 heterocycles. The summed E-state index contributed by atoms with van der Waals surface area (Å²) in [5.41, 5.74) is 2.32. The second-order valence-electron chi connectivity index (χ2n) is 4.53. The molecule has 0 spiro atoms. The fourth-order valence-electron chi connectivity index (χ4n) is 2.26. The molecule has 0 bridgehead atoms. The van der Waals surface area contributed by atoms with E-state index in [2.05, 4.69) is 32.2 Å². The van der Waals surface area contributed by atoms with Gasteiger partial charge in [0.2, 0.25) is 0 Å². The number of nitrogens with one attached hydrogen (secondary N) is 1. The fourth-order valence-corrected chi connectivity index (χ4v) is 3.64. The summed E-state index contributed by atoms with van der Waals surface area (Å²) >= 11 is 14.3. The van der Waals surface area contributed by atoms with Crippen molar-refractivity contribution in [3.05, 3.63) is 55.2 Å². The summed E-state index contributed by atoms with van der Waals surface area (Å²) in [5, 5.41) is 4.96. The Balaban J connectivity index is 2.51. The van der Waals surface area contributed by atoms with Crippen LogP contribution in [0.3, 0.4) is 0 Å². The van der Waals surface area contributed by atoms with Gasteiger partial charge in [-0.2, -0.15) is 0 Å². The first-order chi connectivity index (χ1) is 9.02. The van der Waals surface area contributed by atoms with Crippen LogP contribution in [0.5, 0.6) is 0 Å². The van der Waals surface area contributed by atoms with Crippen molar-refractivity contribution in [2.45, 2.75) is 26.8 Å². The maximum Gasteiger partial charge on any atom is 0.0602 e. The standard InChI is InChI=1S/C15H17Cl2NS/c1-4-18-15(12-7-9(2)19-10(12)3)13-8-11(16)5-6-14(13)17/h5-8,15,18H,4H2,1-3H3. The molecule has 102 valence electrons. The molecule has 2 aromatic rings. The van der Waals surface area contributed by atoms with Gasteiger partial charge in [0.05, 0.1) is 6.04 Å². The van der Waals surface area contributed by atoms with Gasteiger partial charge in [0.25, 0.3) is 0 Å². The Morgan fingerprint density at radius 3 is 2.47 bits per heavy atom. The zero-order valence-corrected chi connectivity index (χ0v) is 13.6. The van der Waals surface area contributed by atoms with Gasteiger partial charge < -0.3 is 5.32 Å². The second-order valence-corrected chi connectivity index (χ2v) is 6.83. The molecule has 1 aromatic carbocycles. The molecular formula is C15H17Cl2NS. The van der Waals surface area contributed by atoms with Gasteiger partial charge in [-0.15, -0.1) is 11.3 Å². The lowest BCUT2D eigenvalue weighted by Crippen LogP contribution is -2.22. The van der Waals surface area contributed by atoms with Gasteiger partial charge in [-0.05, 0) is 55.8 Å². The Morgan fingerprint density at radius 2 is 1.89 bits per heavy atom. The quantitative estimate of drug-likeness (QED) is 0.800. The number of hydrogen-bond acceptors (Lipinski definition) is 2. The first kappa shape index (κ1) is 14.9. The van der Waals surface area contributed by atoms with E-state index >= 15 is 0 Å². The molecule has 1 unspecified atom stereocenters. The number of thiophene rings is 1. The van der Waals surface area contributed by atoms with Crippen molar-refractivity contribution in [2.75, 3.05) is 6.54 Å². The highest BCUT2D eigenvalue weighted by atomic mass is 35.5. The van der Waals surface area contributed by atoms with Crippen molar-refractivity contribution in [1.82, 2.24) is 5.32 Å². The number of rotatable bonds is 4. The maximum atomic E-state index is 6.34. The minimum Gasteiger partial charge on any atom is -0.306 e. The van der Waals surface area contributed by atoms with E-state index in [4.69, 9.17) is 23.2 Å². The predicted octanol–water partition coefficient (Wildman–Crippen LogP) is 5.37. The lowest BCUT2D eigenvalue weighted by Gasteiger charge is -2.20. The molecule has 0 saturated heterocycles. The summed E-state index contributed by atoms with van der Waals surface area (Å²) in [7, 11) is 0. The van der Waals surface area contributed by atoms with Crippen LogP contribution >= 0.6 is 34.5 Å². The average Bonchev–Trinajstić information content (AvgIpc) is 2.69. The number of aryl methyl sites for hydroxylation is 2. The molecule has 0 amide bonds. The molecule has 0 saturated carbocycles. The minimum absolute atomic E-state index is 0.0983. The van der Waals surface area contributed by atoms with E-state index in [1.165, 1.54) is 15.3 Å². The van der Waals surface area contributed by atoms with E-state index in [0.29, 0.717) is 5.02 Å². The van der Waals surface area contributed by atoms with Crippen molar-refractivity contribution < 1.29 is 0 Å². The van der Waals surface area contributed by atoms with Crippen LogP contribution in [0.2, 0.25) is 10.0 Å². The number of hydrogen-bond donors (Lipinski definition) is 1. The molecule has 0 radical (unpaired) electrons. The molecule has 1 atom stereocenters. The molecule has 2 rings (SSSR count). The fraction of sp³-hybridized carbons (Fsp3) is 0.333. The Kier molecular flexibility index (Phi) is 4.91. The molecule has 4 heteroatoms. The van der Waals surface area contributed by atoms with Gasteiger partial charge >= 0.3 is 0 Å². The van der Waals surface area contributed by atoms with Crippen molar-refractivity contribution in [1.29, 1.82) is 0 Å². The summed E-state index contributed by atoms with van der Waals surface area (Å²) in [4.78, 5) is 2.63. The molecule has 0 aliphatic rings. The van der Waals surface area contributed by atoms with Crippen LogP contribution in [-0.4, -0.2) is 6.54 Å². The normalized spacial score (nSPS) is 12.7. The topological polar surface area (TPSA) is 12.0 Å².